The van der Waals surface area contributed by atoms with Crippen molar-refractivity contribution in [2.75, 3.05) is 13.1 Å². The molecule has 4 heteroatoms. The van der Waals surface area contributed by atoms with Crippen LogP contribution in [0.2, 0.25) is 0 Å². The molecule has 2 atom stereocenters. The number of nitrogens with two attached hydrogens (primary N) is 1. The fourth-order valence-electron chi connectivity index (χ4n) is 3.58. The summed E-state index contributed by atoms with van der Waals surface area (Å²) in [5, 5.41) is 9.29. The normalized spacial score (nSPS) is 30.8. The number of rotatable bonds is 2. The van der Waals surface area contributed by atoms with Gasteiger partial charge < -0.3 is 10.8 Å². The molecule has 20 heavy (non-hydrogen) atoms. The van der Waals surface area contributed by atoms with Crippen molar-refractivity contribution in [1.82, 2.24) is 4.90 Å². The summed E-state index contributed by atoms with van der Waals surface area (Å²) in [5.41, 5.74) is 7.74. The molecular formula is C16H22N2O2. The monoisotopic (exact) mass is 274 g/mol. The molecule has 1 aliphatic carbocycles. The van der Waals surface area contributed by atoms with E-state index in [-0.39, 0.29) is 0 Å². The first-order chi connectivity index (χ1) is 9.60. The van der Waals surface area contributed by atoms with E-state index in [1.54, 1.807) is 0 Å². The summed E-state index contributed by atoms with van der Waals surface area (Å²) in [7, 11) is 0. The standard InChI is InChI=1S/C16H22N2O2/c17-16(15(19)20)9-10-18(11-16)14-8-4-2-6-12-5-1-3-7-13(12)14/h1,3,5,7,14H,2,4,6,8-11,17H2,(H,19,20). The van der Waals surface area contributed by atoms with Crippen LogP contribution >= 0.6 is 0 Å². The SMILES string of the molecule is NC1(C(=O)O)CCN(C2CCCCc3ccccc32)C1. The Kier molecular flexibility index (Phi) is 3.52. The molecule has 1 fully saturated rings. The molecule has 1 heterocycles. The van der Waals surface area contributed by atoms with E-state index in [0.717, 1.165) is 19.4 Å². The van der Waals surface area contributed by atoms with Gasteiger partial charge in [0.15, 0.2) is 0 Å². The third kappa shape index (κ3) is 2.34. The summed E-state index contributed by atoms with van der Waals surface area (Å²) < 4.78 is 0. The largest absolute Gasteiger partial charge is 0.480 e. The van der Waals surface area contributed by atoms with Gasteiger partial charge in [-0.15, -0.1) is 0 Å². The Bertz CT molecular complexity index is 517. The van der Waals surface area contributed by atoms with Gasteiger partial charge in [0.1, 0.15) is 5.54 Å². The molecule has 1 aliphatic heterocycles. The molecule has 0 amide bonds. The summed E-state index contributed by atoms with van der Waals surface area (Å²) in [5.74, 6) is -0.873. The quantitative estimate of drug-likeness (QED) is 0.809. The molecule has 108 valence electrons. The summed E-state index contributed by atoms with van der Waals surface area (Å²) in [4.78, 5) is 13.6. The van der Waals surface area contributed by atoms with Gasteiger partial charge in [-0.25, -0.2) is 0 Å². The summed E-state index contributed by atoms with van der Waals surface area (Å²) in [6.45, 7) is 1.24. The van der Waals surface area contributed by atoms with Crippen LogP contribution in [-0.2, 0) is 11.2 Å². The minimum absolute atomic E-state index is 0.332. The van der Waals surface area contributed by atoms with Crippen molar-refractivity contribution in [3.63, 3.8) is 0 Å². The van der Waals surface area contributed by atoms with Gasteiger partial charge in [-0.3, -0.25) is 9.69 Å². The maximum atomic E-state index is 11.3. The van der Waals surface area contributed by atoms with Gasteiger partial charge in [0, 0.05) is 19.1 Å². The van der Waals surface area contributed by atoms with Crippen molar-refractivity contribution in [3.8, 4) is 0 Å². The molecule has 3 rings (SSSR count). The maximum Gasteiger partial charge on any atom is 0.325 e. The number of fused-ring (bicyclic) bond motifs is 1. The van der Waals surface area contributed by atoms with E-state index in [1.165, 1.54) is 24.0 Å². The van der Waals surface area contributed by atoms with Crippen LogP contribution in [0, 0.1) is 0 Å². The van der Waals surface area contributed by atoms with Crippen molar-refractivity contribution in [2.45, 2.75) is 43.7 Å². The third-order valence-corrected chi connectivity index (χ3v) is 4.78. The fourth-order valence-corrected chi connectivity index (χ4v) is 3.58. The number of carboxylic acid groups (broad SMARTS) is 1. The number of carbonyl (C=O) groups is 1. The van der Waals surface area contributed by atoms with E-state index in [1.807, 2.05) is 0 Å². The van der Waals surface area contributed by atoms with Crippen molar-refractivity contribution in [2.24, 2.45) is 5.73 Å². The molecule has 2 unspecified atom stereocenters. The number of hydrogen-bond acceptors (Lipinski definition) is 3. The minimum atomic E-state index is -1.07. The Labute approximate surface area is 119 Å². The second kappa shape index (κ2) is 5.19. The molecule has 2 aliphatic rings. The summed E-state index contributed by atoms with van der Waals surface area (Å²) in [6, 6.07) is 8.91. The number of aryl methyl sites for hydroxylation is 1. The number of hydrogen-bond donors (Lipinski definition) is 2. The van der Waals surface area contributed by atoms with Gasteiger partial charge in [-0.05, 0) is 36.8 Å². The molecule has 1 aromatic carbocycles. The van der Waals surface area contributed by atoms with Gasteiger partial charge in [0.25, 0.3) is 0 Å². The first-order valence-electron chi connectivity index (χ1n) is 7.44. The van der Waals surface area contributed by atoms with Crippen LogP contribution < -0.4 is 5.73 Å². The van der Waals surface area contributed by atoms with Crippen molar-refractivity contribution in [3.05, 3.63) is 35.4 Å². The molecule has 0 spiro atoms. The Hall–Kier alpha value is -1.39. The van der Waals surface area contributed by atoms with Crippen molar-refractivity contribution in [1.29, 1.82) is 0 Å². The van der Waals surface area contributed by atoms with E-state index in [0.29, 0.717) is 19.0 Å². The van der Waals surface area contributed by atoms with E-state index in [2.05, 4.69) is 29.2 Å². The highest BCUT2D eigenvalue weighted by molar-refractivity contribution is 5.79. The Morgan fingerprint density at radius 2 is 2.15 bits per heavy atom. The Balaban J connectivity index is 1.86. The molecule has 3 N–H and O–H groups in total. The number of aliphatic carboxylic acids is 1. The van der Waals surface area contributed by atoms with Crippen LogP contribution in [0.15, 0.2) is 24.3 Å². The van der Waals surface area contributed by atoms with Crippen LogP contribution in [0.4, 0.5) is 0 Å². The molecular weight excluding hydrogens is 252 g/mol. The first kappa shape index (κ1) is 13.6. The van der Waals surface area contributed by atoms with Crippen LogP contribution in [-0.4, -0.2) is 34.6 Å². The van der Waals surface area contributed by atoms with Crippen LogP contribution in [0.3, 0.4) is 0 Å². The van der Waals surface area contributed by atoms with Gasteiger partial charge in [0.05, 0.1) is 0 Å². The lowest BCUT2D eigenvalue weighted by Crippen LogP contribution is -2.50. The number of likely N-dealkylation sites (tertiary alicyclic amines) is 1. The fraction of sp³-hybridized carbons (Fsp3) is 0.562. The minimum Gasteiger partial charge on any atom is -0.480 e. The van der Waals surface area contributed by atoms with Crippen LogP contribution in [0.1, 0.15) is 42.9 Å². The van der Waals surface area contributed by atoms with E-state index in [9.17, 15) is 9.90 Å². The highest BCUT2D eigenvalue weighted by Crippen LogP contribution is 2.36. The Morgan fingerprint density at radius 1 is 1.35 bits per heavy atom. The number of carboxylic acids is 1. The number of nitrogens with zero attached hydrogens (tertiary/aromatic N) is 1. The first-order valence-corrected chi connectivity index (χ1v) is 7.44. The van der Waals surface area contributed by atoms with E-state index < -0.39 is 11.5 Å². The lowest BCUT2D eigenvalue weighted by atomic mass is 9.97. The highest BCUT2D eigenvalue weighted by atomic mass is 16.4. The second-order valence-corrected chi connectivity index (χ2v) is 6.14. The molecule has 4 nitrogen and oxygen atoms in total. The second-order valence-electron chi connectivity index (χ2n) is 6.14. The highest BCUT2D eigenvalue weighted by Gasteiger charge is 2.43. The topological polar surface area (TPSA) is 66.6 Å². The van der Waals surface area contributed by atoms with Gasteiger partial charge in [0.2, 0.25) is 0 Å². The summed E-state index contributed by atoms with van der Waals surface area (Å²) >= 11 is 0. The molecule has 0 bridgehead atoms. The van der Waals surface area contributed by atoms with Gasteiger partial charge in [-0.2, -0.15) is 0 Å². The molecule has 0 saturated carbocycles. The lowest BCUT2D eigenvalue weighted by Gasteiger charge is -2.29. The molecule has 1 saturated heterocycles. The zero-order valence-electron chi connectivity index (χ0n) is 11.7. The average molecular weight is 274 g/mol. The van der Waals surface area contributed by atoms with Gasteiger partial charge >= 0.3 is 5.97 Å². The average Bonchev–Trinajstić information content (AvgIpc) is 2.72. The summed E-state index contributed by atoms with van der Waals surface area (Å²) in [6.07, 6.45) is 5.19. The van der Waals surface area contributed by atoms with Crippen LogP contribution in [0.5, 0.6) is 0 Å². The smallest absolute Gasteiger partial charge is 0.325 e. The lowest BCUT2D eigenvalue weighted by molar-refractivity contribution is -0.142. The third-order valence-electron chi connectivity index (χ3n) is 4.78. The maximum absolute atomic E-state index is 11.3. The predicted molar refractivity (Wildman–Crippen MR) is 77.5 cm³/mol. The molecule has 0 aromatic heterocycles. The van der Waals surface area contributed by atoms with Crippen LogP contribution in [0.25, 0.3) is 0 Å². The zero-order chi connectivity index (χ0) is 14.2. The number of benzene rings is 1. The predicted octanol–water partition coefficient (Wildman–Crippen LogP) is 1.94. The van der Waals surface area contributed by atoms with Gasteiger partial charge in [-0.1, -0.05) is 30.7 Å². The zero-order valence-corrected chi connectivity index (χ0v) is 11.7. The van der Waals surface area contributed by atoms with E-state index in [4.69, 9.17) is 5.73 Å². The molecule has 1 aromatic rings. The molecule has 0 radical (unpaired) electrons. The van der Waals surface area contributed by atoms with Crippen molar-refractivity contribution < 1.29 is 9.90 Å². The van der Waals surface area contributed by atoms with Crippen molar-refractivity contribution >= 4 is 5.97 Å². The Morgan fingerprint density at radius 3 is 2.90 bits per heavy atom. The van der Waals surface area contributed by atoms with E-state index >= 15 is 0 Å².